The van der Waals surface area contributed by atoms with Gasteiger partial charge in [0.05, 0.1) is 6.54 Å². The van der Waals surface area contributed by atoms with Crippen LogP contribution in [0.2, 0.25) is 0 Å². The molecule has 1 N–H and O–H groups in total. The third-order valence-corrected chi connectivity index (χ3v) is 3.59. The molecule has 0 aliphatic rings. The molecule has 4 nitrogen and oxygen atoms in total. The van der Waals surface area contributed by atoms with Gasteiger partial charge in [0.15, 0.2) is 0 Å². The van der Waals surface area contributed by atoms with Crippen molar-refractivity contribution in [2.75, 3.05) is 18.9 Å². The van der Waals surface area contributed by atoms with E-state index in [-0.39, 0.29) is 18.4 Å². The predicted octanol–water partition coefficient (Wildman–Crippen LogP) is 3.41. The molecule has 0 saturated heterocycles. The minimum atomic E-state index is -0.224. The van der Waals surface area contributed by atoms with Gasteiger partial charge in [0.2, 0.25) is 11.8 Å². The van der Waals surface area contributed by atoms with E-state index in [9.17, 15) is 9.59 Å². The predicted molar refractivity (Wildman–Crippen MR) is 97.7 cm³/mol. The first-order valence-electron chi connectivity index (χ1n) is 7.80. The number of hydrogen-bond acceptors (Lipinski definition) is 2. The summed E-state index contributed by atoms with van der Waals surface area (Å²) in [4.78, 5) is 25.5. The summed E-state index contributed by atoms with van der Waals surface area (Å²) in [7, 11) is 1.61. The van der Waals surface area contributed by atoms with Crippen LogP contribution < -0.4 is 5.32 Å². The summed E-state index contributed by atoms with van der Waals surface area (Å²) in [5.74, 6) is -0.437. The Balaban J connectivity index is 1.87. The molecule has 2 aromatic rings. The minimum Gasteiger partial charge on any atom is -0.333 e. The van der Waals surface area contributed by atoms with E-state index in [0.29, 0.717) is 0 Å². The average Bonchev–Trinajstić information content (AvgIpc) is 2.56. The number of anilines is 1. The summed E-state index contributed by atoms with van der Waals surface area (Å²) >= 11 is 0. The Kier molecular flexibility index (Phi) is 5.90. The van der Waals surface area contributed by atoms with Crippen molar-refractivity contribution in [2.45, 2.75) is 13.8 Å². The van der Waals surface area contributed by atoms with Crippen LogP contribution in [0.5, 0.6) is 0 Å². The third kappa shape index (κ3) is 5.39. The summed E-state index contributed by atoms with van der Waals surface area (Å²) in [6, 6.07) is 15.4. The number of hydrogen-bond donors (Lipinski definition) is 1. The van der Waals surface area contributed by atoms with Gasteiger partial charge in [0.1, 0.15) is 0 Å². The molecule has 0 unspecified atom stereocenters. The molecule has 0 aromatic heterocycles. The first kappa shape index (κ1) is 17.5. The normalized spacial score (nSPS) is 10.6. The number of nitrogens with zero attached hydrogens (tertiary/aromatic N) is 1. The fraction of sp³-hybridized carbons (Fsp3) is 0.200. The second kappa shape index (κ2) is 8.11. The maximum Gasteiger partial charge on any atom is 0.246 e. The van der Waals surface area contributed by atoms with Gasteiger partial charge in [0, 0.05) is 18.8 Å². The van der Waals surface area contributed by atoms with Crippen LogP contribution in [0.4, 0.5) is 5.69 Å². The lowest BCUT2D eigenvalue weighted by molar-refractivity contribution is -0.129. The second-order valence-electron chi connectivity index (χ2n) is 5.85. The van der Waals surface area contributed by atoms with Gasteiger partial charge in [-0.1, -0.05) is 47.5 Å². The summed E-state index contributed by atoms with van der Waals surface area (Å²) in [5.41, 5.74) is 3.97. The zero-order chi connectivity index (χ0) is 17.5. The van der Waals surface area contributed by atoms with Gasteiger partial charge >= 0.3 is 0 Å². The molecule has 4 heteroatoms. The Morgan fingerprint density at radius 3 is 2.08 bits per heavy atom. The molecule has 24 heavy (non-hydrogen) atoms. The summed E-state index contributed by atoms with van der Waals surface area (Å²) in [5, 5.41) is 2.78. The van der Waals surface area contributed by atoms with Crippen LogP contribution in [0, 0.1) is 13.8 Å². The quantitative estimate of drug-likeness (QED) is 0.858. The van der Waals surface area contributed by atoms with E-state index >= 15 is 0 Å². The Morgan fingerprint density at radius 1 is 0.958 bits per heavy atom. The fourth-order valence-electron chi connectivity index (χ4n) is 2.10. The van der Waals surface area contributed by atoms with Crippen molar-refractivity contribution in [3.63, 3.8) is 0 Å². The number of nitrogens with one attached hydrogen (secondary N) is 1. The number of benzene rings is 2. The Morgan fingerprint density at radius 2 is 1.50 bits per heavy atom. The molecule has 0 aliphatic carbocycles. The highest BCUT2D eigenvalue weighted by molar-refractivity contribution is 5.97. The number of amides is 2. The van der Waals surface area contributed by atoms with Crippen molar-refractivity contribution < 1.29 is 9.59 Å². The number of rotatable bonds is 5. The lowest BCUT2D eigenvalue weighted by atomic mass is 10.1. The molecule has 2 amide bonds. The van der Waals surface area contributed by atoms with Gasteiger partial charge in [-0.05, 0) is 37.6 Å². The first-order valence-corrected chi connectivity index (χ1v) is 7.80. The van der Waals surface area contributed by atoms with Crippen molar-refractivity contribution in [3.05, 3.63) is 71.3 Å². The summed E-state index contributed by atoms with van der Waals surface area (Å²) in [6.07, 6.45) is 3.22. The van der Waals surface area contributed by atoms with Gasteiger partial charge in [-0.3, -0.25) is 9.59 Å². The van der Waals surface area contributed by atoms with Crippen molar-refractivity contribution >= 4 is 23.6 Å². The maximum absolute atomic E-state index is 12.1. The van der Waals surface area contributed by atoms with E-state index in [4.69, 9.17) is 0 Å². The van der Waals surface area contributed by atoms with Crippen molar-refractivity contribution in [1.29, 1.82) is 0 Å². The zero-order valence-corrected chi connectivity index (χ0v) is 14.2. The molecule has 0 bridgehead atoms. The summed E-state index contributed by atoms with van der Waals surface area (Å²) < 4.78 is 0. The molecule has 2 aromatic carbocycles. The van der Waals surface area contributed by atoms with E-state index in [1.807, 2.05) is 62.4 Å². The largest absolute Gasteiger partial charge is 0.333 e. The monoisotopic (exact) mass is 322 g/mol. The van der Waals surface area contributed by atoms with Crippen LogP contribution in [0.3, 0.4) is 0 Å². The van der Waals surface area contributed by atoms with E-state index < -0.39 is 0 Å². The Bertz CT molecular complexity index is 731. The Labute approximate surface area is 142 Å². The lowest BCUT2D eigenvalue weighted by Crippen LogP contribution is -2.33. The molecule has 0 atom stereocenters. The molecule has 0 spiro atoms. The fourth-order valence-corrected chi connectivity index (χ4v) is 2.10. The van der Waals surface area contributed by atoms with Gasteiger partial charge in [-0.15, -0.1) is 0 Å². The topological polar surface area (TPSA) is 49.4 Å². The zero-order valence-electron chi connectivity index (χ0n) is 14.2. The van der Waals surface area contributed by atoms with E-state index in [2.05, 4.69) is 5.32 Å². The standard InChI is InChI=1S/C20H22N2O2/c1-15-4-8-17(9-5-15)10-13-20(24)22(3)14-19(23)21-18-11-6-16(2)7-12-18/h4-13H,14H2,1-3H3,(H,21,23)/b13-10+. The van der Waals surface area contributed by atoms with E-state index in [1.54, 1.807) is 13.1 Å². The van der Waals surface area contributed by atoms with Gasteiger partial charge in [-0.2, -0.15) is 0 Å². The van der Waals surface area contributed by atoms with Crippen LogP contribution in [-0.2, 0) is 9.59 Å². The molecule has 0 heterocycles. The van der Waals surface area contributed by atoms with Crippen molar-refractivity contribution in [1.82, 2.24) is 4.90 Å². The number of aryl methyl sites for hydroxylation is 2. The van der Waals surface area contributed by atoms with Crippen LogP contribution in [0.25, 0.3) is 6.08 Å². The number of carbonyl (C=O) groups excluding carboxylic acids is 2. The van der Waals surface area contributed by atoms with Gasteiger partial charge < -0.3 is 10.2 Å². The molecule has 124 valence electrons. The summed E-state index contributed by atoms with van der Waals surface area (Å²) in [6.45, 7) is 4.00. The van der Waals surface area contributed by atoms with Crippen molar-refractivity contribution in [3.8, 4) is 0 Å². The lowest BCUT2D eigenvalue weighted by Gasteiger charge is -2.15. The maximum atomic E-state index is 12.1. The highest BCUT2D eigenvalue weighted by atomic mass is 16.2. The first-order chi connectivity index (χ1) is 11.4. The smallest absolute Gasteiger partial charge is 0.246 e. The van der Waals surface area contributed by atoms with Gasteiger partial charge in [-0.25, -0.2) is 0 Å². The van der Waals surface area contributed by atoms with E-state index in [0.717, 1.165) is 16.8 Å². The van der Waals surface area contributed by atoms with Gasteiger partial charge in [0.25, 0.3) is 0 Å². The molecular weight excluding hydrogens is 300 g/mol. The van der Waals surface area contributed by atoms with Crippen LogP contribution in [0.15, 0.2) is 54.6 Å². The Hall–Kier alpha value is -2.88. The average molecular weight is 322 g/mol. The highest BCUT2D eigenvalue weighted by Gasteiger charge is 2.10. The molecule has 0 aliphatic heterocycles. The molecular formula is C20H22N2O2. The van der Waals surface area contributed by atoms with Crippen LogP contribution in [0.1, 0.15) is 16.7 Å². The third-order valence-electron chi connectivity index (χ3n) is 3.59. The second-order valence-corrected chi connectivity index (χ2v) is 5.85. The SMILES string of the molecule is Cc1ccc(/C=C/C(=O)N(C)CC(=O)Nc2ccc(C)cc2)cc1. The molecule has 0 saturated carbocycles. The number of carbonyl (C=O) groups is 2. The van der Waals surface area contributed by atoms with E-state index in [1.165, 1.54) is 16.5 Å². The molecule has 0 radical (unpaired) electrons. The minimum absolute atomic E-state index is 0.00491. The molecule has 0 fully saturated rings. The number of likely N-dealkylation sites (N-methyl/N-ethyl adjacent to an activating group) is 1. The highest BCUT2D eigenvalue weighted by Crippen LogP contribution is 2.09. The van der Waals surface area contributed by atoms with Crippen LogP contribution >= 0.6 is 0 Å². The van der Waals surface area contributed by atoms with Crippen molar-refractivity contribution in [2.24, 2.45) is 0 Å². The molecule has 2 rings (SSSR count). The van der Waals surface area contributed by atoms with Crippen LogP contribution in [-0.4, -0.2) is 30.3 Å².